The number of aromatic nitrogens is 2. The summed E-state index contributed by atoms with van der Waals surface area (Å²) >= 11 is 0. The highest BCUT2D eigenvalue weighted by Crippen LogP contribution is 2.27. The molecule has 1 fully saturated rings. The van der Waals surface area contributed by atoms with E-state index in [0.29, 0.717) is 0 Å². The van der Waals surface area contributed by atoms with Gasteiger partial charge < -0.3 is 25.2 Å². The van der Waals surface area contributed by atoms with E-state index in [2.05, 4.69) is 5.10 Å². The van der Waals surface area contributed by atoms with Gasteiger partial charge in [-0.05, 0) is 0 Å². The maximum absolute atomic E-state index is 11.5. The van der Waals surface area contributed by atoms with Gasteiger partial charge in [0.05, 0.1) is 12.8 Å². The first-order valence-electron chi connectivity index (χ1n) is 4.95. The largest absolute Gasteiger partial charge is 0.506 e. The van der Waals surface area contributed by atoms with Crippen molar-refractivity contribution in [3.05, 3.63) is 22.6 Å². The minimum Gasteiger partial charge on any atom is -0.506 e. The highest BCUT2D eigenvalue weighted by atomic mass is 16.6. The highest BCUT2D eigenvalue weighted by molar-refractivity contribution is 5.11. The summed E-state index contributed by atoms with van der Waals surface area (Å²) in [6.45, 7) is -0.485. The third-order valence-electron chi connectivity index (χ3n) is 2.57. The average Bonchev–Trinajstić information content (AvgIpc) is 2.57. The van der Waals surface area contributed by atoms with Gasteiger partial charge in [-0.3, -0.25) is 4.79 Å². The fourth-order valence-corrected chi connectivity index (χ4v) is 1.68. The second kappa shape index (κ2) is 4.41. The van der Waals surface area contributed by atoms with Crippen LogP contribution in [-0.2, 0) is 4.74 Å². The predicted molar refractivity (Wildman–Crippen MR) is 53.2 cm³/mol. The molecule has 17 heavy (non-hydrogen) atoms. The number of ether oxygens (including phenoxy) is 1. The lowest BCUT2D eigenvalue weighted by molar-refractivity contribution is -0.0611. The molecule has 1 aliphatic heterocycles. The summed E-state index contributed by atoms with van der Waals surface area (Å²) in [7, 11) is 0. The van der Waals surface area contributed by atoms with E-state index in [1.165, 1.54) is 0 Å². The van der Waals surface area contributed by atoms with E-state index in [1.54, 1.807) is 0 Å². The number of hydrogen-bond acceptors (Lipinski definition) is 7. The van der Waals surface area contributed by atoms with Crippen LogP contribution in [0.2, 0.25) is 0 Å². The molecule has 2 heterocycles. The molecule has 1 saturated heterocycles. The number of aromatic hydroxyl groups is 1. The Bertz CT molecular complexity index is 461. The van der Waals surface area contributed by atoms with Gasteiger partial charge in [0.15, 0.2) is 6.23 Å². The quantitative estimate of drug-likeness (QED) is 0.455. The smallest absolute Gasteiger partial charge is 0.272 e. The monoisotopic (exact) mass is 244 g/mol. The van der Waals surface area contributed by atoms with Crippen LogP contribution in [0.15, 0.2) is 17.1 Å². The first kappa shape index (κ1) is 12.0. The predicted octanol–water partition coefficient (Wildman–Crippen LogP) is -2.44. The Balaban J connectivity index is 2.32. The van der Waals surface area contributed by atoms with Crippen LogP contribution in [0.4, 0.5) is 0 Å². The lowest BCUT2D eigenvalue weighted by atomic mass is 10.1. The molecule has 0 aromatic carbocycles. The molecular weight excluding hydrogens is 232 g/mol. The van der Waals surface area contributed by atoms with E-state index < -0.39 is 36.7 Å². The Kier molecular flexibility index (Phi) is 3.11. The SMILES string of the molecule is O=c1cc(O)cnn1[C@@H]1O[C@@H](CO)[C@@H](O)[C@H]1O. The molecule has 8 nitrogen and oxygen atoms in total. The van der Waals surface area contributed by atoms with Crippen molar-refractivity contribution >= 4 is 0 Å². The summed E-state index contributed by atoms with van der Waals surface area (Å²) in [6.07, 6.45) is -3.82. The Labute approximate surface area is 95.3 Å². The molecule has 0 unspecified atom stereocenters. The van der Waals surface area contributed by atoms with Crippen molar-refractivity contribution in [2.75, 3.05) is 6.61 Å². The lowest BCUT2D eigenvalue weighted by Crippen LogP contribution is -2.36. The normalized spacial score (nSPS) is 32.9. The van der Waals surface area contributed by atoms with Gasteiger partial charge in [-0.25, -0.2) is 0 Å². The van der Waals surface area contributed by atoms with Crippen molar-refractivity contribution in [3.63, 3.8) is 0 Å². The van der Waals surface area contributed by atoms with Gasteiger partial charge in [0, 0.05) is 6.07 Å². The number of aliphatic hydroxyl groups excluding tert-OH is 3. The van der Waals surface area contributed by atoms with Crippen LogP contribution in [0.3, 0.4) is 0 Å². The van der Waals surface area contributed by atoms with Gasteiger partial charge >= 0.3 is 0 Å². The molecule has 0 amide bonds. The Hall–Kier alpha value is -1.48. The van der Waals surface area contributed by atoms with Crippen LogP contribution in [0, 0.1) is 0 Å². The van der Waals surface area contributed by atoms with Crippen LogP contribution in [-0.4, -0.2) is 55.1 Å². The van der Waals surface area contributed by atoms with Gasteiger partial charge in [0.25, 0.3) is 5.56 Å². The third kappa shape index (κ3) is 2.03. The second-order valence-corrected chi connectivity index (χ2v) is 3.73. The van der Waals surface area contributed by atoms with Crippen LogP contribution in [0.1, 0.15) is 6.23 Å². The second-order valence-electron chi connectivity index (χ2n) is 3.73. The molecule has 4 N–H and O–H groups in total. The first-order chi connectivity index (χ1) is 8.04. The lowest BCUT2D eigenvalue weighted by Gasteiger charge is -2.15. The number of rotatable bonds is 2. The average molecular weight is 244 g/mol. The van der Waals surface area contributed by atoms with Crippen LogP contribution >= 0.6 is 0 Å². The molecule has 94 valence electrons. The molecule has 4 atom stereocenters. The topological polar surface area (TPSA) is 125 Å². The van der Waals surface area contributed by atoms with E-state index in [1.807, 2.05) is 0 Å². The number of aliphatic hydroxyl groups is 3. The summed E-state index contributed by atoms with van der Waals surface area (Å²) in [5.74, 6) is -0.307. The Morgan fingerprint density at radius 2 is 2.12 bits per heavy atom. The fourth-order valence-electron chi connectivity index (χ4n) is 1.68. The summed E-state index contributed by atoms with van der Waals surface area (Å²) in [5.41, 5.74) is -0.681. The molecule has 8 heteroatoms. The van der Waals surface area contributed by atoms with Crippen molar-refractivity contribution < 1.29 is 25.2 Å². The molecule has 0 bridgehead atoms. The van der Waals surface area contributed by atoms with E-state index >= 15 is 0 Å². The van der Waals surface area contributed by atoms with E-state index in [-0.39, 0.29) is 5.75 Å². The zero-order valence-electron chi connectivity index (χ0n) is 8.67. The standard InChI is InChI=1S/C9H12N2O6/c12-3-5-7(15)8(16)9(17-5)11-6(14)1-4(13)2-10-11/h1-2,5,7-9,12-13,15-16H,3H2/t5-,7+,8+,9+/m0/s1. The minimum atomic E-state index is -1.37. The van der Waals surface area contributed by atoms with Crippen molar-refractivity contribution in [1.29, 1.82) is 0 Å². The molecule has 2 rings (SSSR count). The highest BCUT2D eigenvalue weighted by Gasteiger charge is 2.44. The first-order valence-corrected chi connectivity index (χ1v) is 4.95. The van der Waals surface area contributed by atoms with Crippen LogP contribution < -0.4 is 5.56 Å². The van der Waals surface area contributed by atoms with Gasteiger partial charge in [0.2, 0.25) is 0 Å². The molecule has 0 radical (unpaired) electrons. The Morgan fingerprint density at radius 3 is 2.65 bits per heavy atom. The molecule has 1 aromatic heterocycles. The maximum Gasteiger partial charge on any atom is 0.272 e. The zero-order valence-corrected chi connectivity index (χ0v) is 8.67. The molecule has 1 aliphatic rings. The van der Waals surface area contributed by atoms with Crippen molar-refractivity contribution in [2.45, 2.75) is 24.5 Å². The van der Waals surface area contributed by atoms with E-state index in [4.69, 9.17) is 14.9 Å². The van der Waals surface area contributed by atoms with Crippen LogP contribution in [0.5, 0.6) is 5.75 Å². The summed E-state index contributed by atoms with van der Waals surface area (Å²) in [6, 6.07) is 0.904. The minimum absolute atomic E-state index is 0.307. The molecule has 0 spiro atoms. The van der Waals surface area contributed by atoms with Gasteiger partial charge in [0.1, 0.15) is 24.1 Å². The third-order valence-corrected chi connectivity index (χ3v) is 2.57. The van der Waals surface area contributed by atoms with Crippen LogP contribution in [0.25, 0.3) is 0 Å². The van der Waals surface area contributed by atoms with E-state index in [0.717, 1.165) is 16.9 Å². The summed E-state index contributed by atoms with van der Waals surface area (Å²) in [4.78, 5) is 11.5. The summed E-state index contributed by atoms with van der Waals surface area (Å²) in [5, 5.41) is 40.7. The summed E-state index contributed by atoms with van der Waals surface area (Å²) < 4.78 is 5.91. The van der Waals surface area contributed by atoms with Crippen molar-refractivity contribution in [1.82, 2.24) is 9.78 Å². The molecule has 1 aromatic rings. The number of nitrogens with zero attached hydrogens (tertiary/aromatic N) is 2. The van der Waals surface area contributed by atoms with Gasteiger partial charge in [-0.1, -0.05) is 0 Å². The zero-order chi connectivity index (χ0) is 12.6. The van der Waals surface area contributed by atoms with Crippen molar-refractivity contribution in [3.8, 4) is 5.75 Å². The number of hydrogen-bond donors (Lipinski definition) is 4. The molecule has 0 aliphatic carbocycles. The van der Waals surface area contributed by atoms with E-state index in [9.17, 15) is 15.0 Å². The molecular formula is C9H12N2O6. The maximum atomic E-state index is 11.5. The van der Waals surface area contributed by atoms with Crippen molar-refractivity contribution in [2.24, 2.45) is 0 Å². The van der Waals surface area contributed by atoms with Gasteiger partial charge in [-0.15, -0.1) is 0 Å². The Morgan fingerprint density at radius 1 is 1.41 bits per heavy atom. The molecule has 0 saturated carbocycles. The van der Waals surface area contributed by atoms with Gasteiger partial charge in [-0.2, -0.15) is 9.78 Å². The fraction of sp³-hybridized carbons (Fsp3) is 0.556.